The molecule has 2 saturated carbocycles. The lowest BCUT2D eigenvalue weighted by molar-refractivity contribution is -0.140. The monoisotopic (exact) mass is 364 g/mol. The van der Waals surface area contributed by atoms with Crippen LogP contribution in [0.3, 0.4) is 0 Å². The first-order valence-corrected chi connectivity index (χ1v) is 10.7. The fourth-order valence-electron chi connectivity index (χ4n) is 5.72. The standard InChI is InChI=1S/C22H36O4/c1-3-5-12-17-13-9-15-22(17,14-6-4-2)19(16-10-7-8-11-16)18(20(23)24)21(25)26/h16-17H,3-15H2,1-2H3,(H,23,24)(H,25,26). The van der Waals surface area contributed by atoms with E-state index in [0.717, 1.165) is 89.0 Å². The number of hydrogen-bond acceptors (Lipinski definition) is 2. The molecule has 2 fully saturated rings. The van der Waals surface area contributed by atoms with E-state index in [2.05, 4.69) is 13.8 Å². The van der Waals surface area contributed by atoms with Gasteiger partial charge in [0.1, 0.15) is 5.57 Å². The minimum Gasteiger partial charge on any atom is -0.477 e. The van der Waals surface area contributed by atoms with E-state index in [1.54, 1.807) is 0 Å². The summed E-state index contributed by atoms with van der Waals surface area (Å²) in [6, 6.07) is 0. The second-order valence-corrected chi connectivity index (χ2v) is 8.37. The summed E-state index contributed by atoms with van der Waals surface area (Å²) in [4.78, 5) is 24.0. The van der Waals surface area contributed by atoms with E-state index in [9.17, 15) is 19.8 Å². The minimum atomic E-state index is -1.24. The maximum atomic E-state index is 12.0. The molecular formula is C22H36O4. The molecule has 0 heterocycles. The van der Waals surface area contributed by atoms with Gasteiger partial charge in [0.05, 0.1) is 0 Å². The van der Waals surface area contributed by atoms with Crippen LogP contribution < -0.4 is 0 Å². The van der Waals surface area contributed by atoms with Gasteiger partial charge in [-0.15, -0.1) is 0 Å². The summed E-state index contributed by atoms with van der Waals surface area (Å²) in [7, 11) is 0. The van der Waals surface area contributed by atoms with Crippen LogP contribution in [-0.4, -0.2) is 22.2 Å². The van der Waals surface area contributed by atoms with Crippen molar-refractivity contribution in [3.05, 3.63) is 11.1 Å². The van der Waals surface area contributed by atoms with E-state index in [1.165, 1.54) is 0 Å². The van der Waals surface area contributed by atoms with E-state index in [1.807, 2.05) is 0 Å². The van der Waals surface area contributed by atoms with Gasteiger partial charge in [0.2, 0.25) is 0 Å². The smallest absolute Gasteiger partial charge is 0.343 e. The molecule has 0 spiro atoms. The maximum absolute atomic E-state index is 12.0. The Kier molecular flexibility index (Phi) is 7.72. The number of carboxylic acid groups (broad SMARTS) is 2. The van der Waals surface area contributed by atoms with Crippen LogP contribution in [0.5, 0.6) is 0 Å². The Bertz CT molecular complexity index is 514. The van der Waals surface area contributed by atoms with Crippen molar-refractivity contribution < 1.29 is 19.8 Å². The number of aliphatic carboxylic acids is 2. The van der Waals surface area contributed by atoms with E-state index in [4.69, 9.17) is 0 Å². The Labute approximate surface area is 158 Å². The molecule has 0 aromatic heterocycles. The summed E-state index contributed by atoms with van der Waals surface area (Å²) >= 11 is 0. The molecule has 4 nitrogen and oxygen atoms in total. The third kappa shape index (κ3) is 4.32. The second kappa shape index (κ2) is 9.57. The zero-order chi connectivity index (χ0) is 19.2. The van der Waals surface area contributed by atoms with Crippen LogP contribution in [0, 0.1) is 17.3 Å². The molecule has 2 unspecified atom stereocenters. The topological polar surface area (TPSA) is 74.6 Å². The first kappa shape index (κ1) is 21.0. The van der Waals surface area contributed by atoms with Gasteiger partial charge in [0.15, 0.2) is 0 Å². The Morgan fingerprint density at radius 1 is 0.923 bits per heavy atom. The summed E-state index contributed by atoms with van der Waals surface area (Å²) in [5, 5.41) is 19.6. The van der Waals surface area contributed by atoms with Gasteiger partial charge >= 0.3 is 11.9 Å². The van der Waals surface area contributed by atoms with Crippen molar-refractivity contribution in [2.24, 2.45) is 17.3 Å². The molecule has 148 valence electrons. The molecule has 0 aromatic carbocycles. The molecule has 4 heteroatoms. The molecule has 0 bridgehead atoms. The highest BCUT2D eigenvalue weighted by Gasteiger charge is 2.49. The van der Waals surface area contributed by atoms with Crippen molar-refractivity contribution in [2.75, 3.05) is 0 Å². The summed E-state index contributed by atoms with van der Waals surface area (Å²) in [5.41, 5.74) is 0.324. The van der Waals surface area contributed by atoms with Gasteiger partial charge in [-0.05, 0) is 61.3 Å². The number of rotatable bonds is 10. The average Bonchev–Trinajstić information content (AvgIpc) is 3.25. The van der Waals surface area contributed by atoms with Crippen LogP contribution in [0.1, 0.15) is 97.3 Å². The molecule has 0 aliphatic heterocycles. The highest BCUT2D eigenvalue weighted by atomic mass is 16.4. The highest BCUT2D eigenvalue weighted by molar-refractivity contribution is 6.13. The molecule has 0 amide bonds. The van der Waals surface area contributed by atoms with Crippen LogP contribution in [0.15, 0.2) is 11.1 Å². The zero-order valence-corrected chi connectivity index (χ0v) is 16.6. The van der Waals surface area contributed by atoms with Crippen molar-refractivity contribution in [2.45, 2.75) is 97.3 Å². The lowest BCUT2D eigenvalue weighted by atomic mass is 9.62. The lowest BCUT2D eigenvalue weighted by Crippen LogP contribution is -2.35. The van der Waals surface area contributed by atoms with Crippen LogP contribution >= 0.6 is 0 Å². The van der Waals surface area contributed by atoms with Crippen LogP contribution in [-0.2, 0) is 9.59 Å². The molecule has 2 aliphatic carbocycles. The number of unbranched alkanes of at least 4 members (excludes halogenated alkanes) is 2. The molecule has 2 aliphatic rings. The maximum Gasteiger partial charge on any atom is 0.343 e. The summed E-state index contributed by atoms with van der Waals surface area (Å²) < 4.78 is 0. The molecular weight excluding hydrogens is 328 g/mol. The van der Waals surface area contributed by atoms with Gasteiger partial charge in [0, 0.05) is 0 Å². The fraction of sp³-hybridized carbons (Fsp3) is 0.818. The Morgan fingerprint density at radius 2 is 1.54 bits per heavy atom. The van der Waals surface area contributed by atoms with Crippen molar-refractivity contribution in [3.63, 3.8) is 0 Å². The largest absolute Gasteiger partial charge is 0.477 e. The van der Waals surface area contributed by atoms with E-state index >= 15 is 0 Å². The van der Waals surface area contributed by atoms with E-state index < -0.39 is 11.9 Å². The van der Waals surface area contributed by atoms with Gasteiger partial charge in [-0.25, -0.2) is 9.59 Å². The van der Waals surface area contributed by atoms with Crippen LogP contribution in [0.4, 0.5) is 0 Å². The van der Waals surface area contributed by atoms with Gasteiger partial charge in [-0.3, -0.25) is 0 Å². The Morgan fingerprint density at radius 3 is 2.08 bits per heavy atom. The molecule has 2 rings (SSSR count). The van der Waals surface area contributed by atoms with Gasteiger partial charge in [0.25, 0.3) is 0 Å². The molecule has 0 saturated heterocycles. The zero-order valence-electron chi connectivity index (χ0n) is 16.6. The summed E-state index contributed by atoms with van der Waals surface area (Å²) in [6.07, 6.45) is 13.7. The molecule has 0 aromatic rings. The highest BCUT2D eigenvalue weighted by Crippen LogP contribution is 2.58. The first-order valence-electron chi connectivity index (χ1n) is 10.7. The molecule has 2 atom stereocenters. The number of carbonyl (C=O) groups is 2. The number of carboxylic acids is 2. The lowest BCUT2D eigenvalue weighted by Gasteiger charge is -2.42. The second-order valence-electron chi connectivity index (χ2n) is 8.37. The van der Waals surface area contributed by atoms with Crippen LogP contribution in [0.2, 0.25) is 0 Å². The van der Waals surface area contributed by atoms with Gasteiger partial charge < -0.3 is 10.2 Å². The third-order valence-electron chi connectivity index (χ3n) is 6.84. The van der Waals surface area contributed by atoms with Gasteiger partial charge in [-0.1, -0.05) is 58.8 Å². The predicted octanol–water partition coefficient (Wildman–Crippen LogP) is 5.81. The summed E-state index contributed by atoms with van der Waals surface area (Å²) in [6.45, 7) is 4.36. The number of hydrogen-bond donors (Lipinski definition) is 2. The Balaban J connectivity index is 2.59. The quantitative estimate of drug-likeness (QED) is 0.291. The third-order valence-corrected chi connectivity index (χ3v) is 6.84. The Hall–Kier alpha value is -1.32. The van der Waals surface area contributed by atoms with Gasteiger partial charge in [-0.2, -0.15) is 0 Å². The van der Waals surface area contributed by atoms with Crippen molar-refractivity contribution in [1.29, 1.82) is 0 Å². The average molecular weight is 365 g/mol. The molecule has 0 radical (unpaired) electrons. The van der Waals surface area contributed by atoms with Crippen LogP contribution in [0.25, 0.3) is 0 Å². The fourth-order valence-corrected chi connectivity index (χ4v) is 5.72. The molecule has 26 heavy (non-hydrogen) atoms. The van der Waals surface area contributed by atoms with Crippen molar-refractivity contribution in [1.82, 2.24) is 0 Å². The SMILES string of the molecule is CCCCC1CCCC1(CCCC)C(=C(C(=O)O)C(=O)O)C1CCCC1. The normalized spacial score (nSPS) is 26.2. The van der Waals surface area contributed by atoms with E-state index in [0.29, 0.717) is 5.92 Å². The van der Waals surface area contributed by atoms with Crippen molar-refractivity contribution in [3.8, 4) is 0 Å². The predicted molar refractivity (Wildman–Crippen MR) is 103 cm³/mol. The molecule has 2 N–H and O–H groups in total. The number of allylic oxidation sites excluding steroid dienone is 1. The summed E-state index contributed by atoms with van der Waals surface area (Å²) in [5.74, 6) is -1.89. The van der Waals surface area contributed by atoms with Crippen molar-refractivity contribution >= 4 is 11.9 Å². The van der Waals surface area contributed by atoms with E-state index in [-0.39, 0.29) is 16.9 Å². The minimum absolute atomic E-state index is 0.149. The first-order chi connectivity index (χ1) is 12.5.